The van der Waals surface area contributed by atoms with Crippen LogP contribution in [0.2, 0.25) is 0 Å². The second kappa shape index (κ2) is 3.61. The molecule has 1 heterocycles. The van der Waals surface area contributed by atoms with E-state index in [4.69, 9.17) is 17.3 Å². The van der Waals surface area contributed by atoms with Crippen molar-refractivity contribution in [2.24, 2.45) is 11.7 Å². The van der Waals surface area contributed by atoms with Gasteiger partial charge in [0, 0.05) is 12.5 Å². The molecule has 1 aromatic heterocycles. The maximum absolute atomic E-state index is 5.63. The van der Waals surface area contributed by atoms with E-state index in [1.165, 1.54) is 4.68 Å². The number of anilines is 1. The summed E-state index contributed by atoms with van der Waals surface area (Å²) in [6.45, 7) is 4.61. The largest absolute Gasteiger partial charge is 0.366 e. The second-order valence-electron chi connectivity index (χ2n) is 3.37. The molecule has 0 aromatic carbocycles. The van der Waals surface area contributed by atoms with Crippen molar-refractivity contribution in [2.75, 3.05) is 18.1 Å². The molecule has 0 amide bonds. The summed E-state index contributed by atoms with van der Waals surface area (Å²) in [5, 5.41) is 7.57. The molecule has 74 valence electrons. The van der Waals surface area contributed by atoms with Crippen LogP contribution in [0.15, 0.2) is 0 Å². The fourth-order valence-corrected chi connectivity index (χ4v) is 1.24. The Labute approximate surface area is 77.1 Å². The first-order chi connectivity index (χ1) is 6.07. The molecule has 0 fully saturated rings. The van der Waals surface area contributed by atoms with E-state index < -0.39 is 0 Å². The van der Waals surface area contributed by atoms with Crippen LogP contribution in [0, 0.1) is 5.92 Å². The van der Waals surface area contributed by atoms with E-state index in [-0.39, 0.29) is 11.9 Å². The third kappa shape index (κ3) is 1.72. The highest BCUT2D eigenvalue weighted by Gasteiger charge is 2.20. The van der Waals surface area contributed by atoms with Gasteiger partial charge in [-0.3, -0.25) is 0 Å². The van der Waals surface area contributed by atoms with Crippen LogP contribution in [0.3, 0.4) is 0 Å². The van der Waals surface area contributed by atoms with Crippen LogP contribution in [-0.4, -0.2) is 21.4 Å². The predicted molar refractivity (Wildman–Crippen MR) is 51.2 cm³/mol. The quantitative estimate of drug-likeness (QED) is 0.537. The highest BCUT2D eigenvalue weighted by Crippen LogP contribution is 2.20. The van der Waals surface area contributed by atoms with Crippen LogP contribution >= 0.6 is 0 Å². The number of nitrogens with two attached hydrogens (primary N) is 3. The van der Waals surface area contributed by atoms with E-state index in [0.29, 0.717) is 18.3 Å². The predicted octanol–water partition coefficient (Wildman–Crippen LogP) is -0.728. The fourth-order valence-electron chi connectivity index (χ4n) is 1.24. The van der Waals surface area contributed by atoms with Crippen molar-refractivity contribution in [3.63, 3.8) is 0 Å². The van der Waals surface area contributed by atoms with Gasteiger partial charge in [-0.15, -0.1) is 10.2 Å². The second-order valence-corrected chi connectivity index (χ2v) is 3.37. The molecule has 0 saturated carbocycles. The zero-order valence-corrected chi connectivity index (χ0v) is 7.94. The number of nitrogen functional groups attached to an aromatic ring is 2. The van der Waals surface area contributed by atoms with Crippen molar-refractivity contribution in [3.8, 4) is 0 Å². The van der Waals surface area contributed by atoms with Gasteiger partial charge in [-0.05, 0) is 5.92 Å². The average molecular weight is 184 g/mol. The van der Waals surface area contributed by atoms with Gasteiger partial charge in [0.2, 0.25) is 5.95 Å². The Bertz CT molecular complexity index is 279. The Morgan fingerprint density at radius 1 is 1.38 bits per heavy atom. The Hall–Kier alpha value is -1.30. The van der Waals surface area contributed by atoms with Gasteiger partial charge >= 0.3 is 0 Å². The molecule has 0 aliphatic carbocycles. The minimum absolute atomic E-state index is 0.106. The molecule has 0 radical (unpaired) electrons. The van der Waals surface area contributed by atoms with E-state index in [0.717, 1.165) is 0 Å². The third-order valence-corrected chi connectivity index (χ3v) is 2.14. The molecule has 6 N–H and O–H groups in total. The first kappa shape index (κ1) is 9.79. The number of hydrogen-bond acceptors (Lipinski definition) is 5. The molecule has 1 aromatic rings. The Kier molecular flexibility index (Phi) is 2.72. The third-order valence-electron chi connectivity index (χ3n) is 2.14. The van der Waals surface area contributed by atoms with Crippen LogP contribution in [0.25, 0.3) is 0 Å². The standard InChI is InChI=1S/C7H16N6/c1-4(2)5(3-8)6-11-12-7(9)13(6)10/h4-5H,3,8,10H2,1-2H3,(H2,9,12). The van der Waals surface area contributed by atoms with Crippen molar-refractivity contribution in [1.82, 2.24) is 14.9 Å². The van der Waals surface area contributed by atoms with Crippen LogP contribution in [0.1, 0.15) is 25.6 Å². The maximum atomic E-state index is 5.63. The van der Waals surface area contributed by atoms with Gasteiger partial charge in [-0.25, -0.2) is 4.68 Å². The normalized spacial score (nSPS) is 13.5. The minimum Gasteiger partial charge on any atom is -0.366 e. The smallest absolute Gasteiger partial charge is 0.240 e. The molecule has 1 rings (SSSR count). The van der Waals surface area contributed by atoms with Crippen molar-refractivity contribution in [2.45, 2.75) is 19.8 Å². The molecule has 6 nitrogen and oxygen atoms in total. The van der Waals surface area contributed by atoms with Crippen molar-refractivity contribution < 1.29 is 0 Å². The SMILES string of the molecule is CC(C)C(CN)c1nnc(N)n1N. The van der Waals surface area contributed by atoms with Gasteiger partial charge in [-0.1, -0.05) is 13.8 Å². The maximum Gasteiger partial charge on any atom is 0.240 e. The molecular formula is C7H16N6. The number of rotatable bonds is 3. The molecule has 0 aliphatic rings. The van der Waals surface area contributed by atoms with Crippen molar-refractivity contribution >= 4 is 5.95 Å². The van der Waals surface area contributed by atoms with Crippen molar-refractivity contribution in [1.29, 1.82) is 0 Å². The summed E-state index contributed by atoms with van der Waals surface area (Å²) < 4.78 is 1.29. The summed E-state index contributed by atoms with van der Waals surface area (Å²) >= 11 is 0. The first-order valence-corrected chi connectivity index (χ1v) is 4.23. The lowest BCUT2D eigenvalue weighted by Gasteiger charge is -2.16. The average Bonchev–Trinajstić information content (AvgIpc) is 2.37. The number of hydrogen-bond donors (Lipinski definition) is 3. The van der Waals surface area contributed by atoms with Crippen LogP contribution in [0.5, 0.6) is 0 Å². The van der Waals surface area contributed by atoms with E-state index in [9.17, 15) is 0 Å². The topological polar surface area (TPSA) is 109 Å². The summed E-state index contributed by atoms with van der Waals surface area (Å²) in [5.74, 6) is 6.97. The highest BCUT2D eigenvalue weighted by molar-refractivity contribution is 5.19. The van der Waals surface area contributed by atoms with Crippen LogP contribution in [-0.2, 0) is 0 Å². The lowest BCUT2D eigenvalue weighted by molar-refractivity contribution is 0.474. The van der Waals surface area contributed by atoms with Gasteiger partial charge < -0.3 is 17.3 Å². The zero-order chi connectivity index (χ0) is 10.0. The molecule has 0 aliphatic heterocycles. The molecule has 0 saturated heterocycles. The van der Waals surface area contributed by atoms with Crippen molar-refractivity contribution in [3.05, 3.63) is 5.82 Å². The zero-order valence-electron chi connectivity index (χ0n) is 7.94. The van der Waals surface area contributed by atoms with E-state index in [1.807, 2.05) is 0 Å². The summed E-state index contributed by atoms with van der Waals surface area (Å²) in [5.41, 5.74) is 11.1. The monoisotopic (exact) mass is 184 g/mol. The molecule has 6 heteroatoms. The van der Waals surface area contributed by atoms with E-state index in [1.54, 1.807) is 0 Å². The Balaban J connectivity index is 2.98. The fraction of sp³-hybridized carbons (Fsp3) is 0.714. The molecule has 1 unspecified atom stereocenters. The van der Waals surface area contributed by atoms with Gasteiger partial charge in [0.05, 0.1) is 0 Å². The molecule has 0 bridgehead atoms. The number of nitrogens with zero attached hydrogens (tertiary/aromatic N) is 3. The first-order valence-electron chi connectivity index (χ1n) is 4.23. The summed E-state index contributed by atoms with van der Waals surface area (Å²) in [6, 6.07) is 0. The minimum atomic E-state index is 0.106. The Morgan fingerprint density at radius 2 is 2.00 bits per heavy atom. The van der Waals surface area contributed by atoms with Crippen LogP contribution < -0.4 is 17.3 Å². The molecule has 0 spiro atoms. The van der Waals surface area contributed by atoms with Gasteiger partial charge in [-0.2, -0.15) is 0 Å². The highest BCUT2D eigenvalue weighted by atomic mass is 15.4. The van der Waals surface area contributed by atoms with E-state index >= 15 is 0 Å². The lowest BCUT2D eigenvalue weighted by atomic mass is 9.95. The van der Waals surface area contributed by atoms with Gasteiger partial charge in [0.1, 0.15) is 0 Å². The number of aromatic nitrogens is 3. The lowest BCUT2D eigenvalue weighted by Crippen LogP contribution is -2.25. The summed E-state index contributed by atoms with van der Waals surface area (Å²) in [6.07, 6.45) is 0. The van der Waals surface area contributed by atoms with Gasteiger partial charge in [0.15, 0.2) is 5.82 Å². The Morgan fingerprint density at radius 3 is 2.31 bits per heavy atom. The summed E-state index contributed by atoms with van der Waals surface area (Å²) in [7, 11) is 0. The molecular weight excluding hydrogens is 168 g/mol. The van der Waals surface area contributed by atoms with Crippen LogP contribution in [0.4, 0.5) is 5.95 Å². The molecule has 1 atom stereocenters. The molecule has 13 heavy (non-hydrogen) atoms. The van der Waals surface area contributed by atoms with Gasteiger partial charge in [0.25, 0.3) is 0 Å². The van der Waals surface area contributed by atoms with E-state index in [2.05, 4.69) is 24.0 Å². The summed E-state index contributed by atoms with van der Waals surface area (Å²) in [4.78, 5) is 0.